The van der Waals surface area contributed by atoms with Crippen LogP contribution in [0, 0.1) is 12.8 Å². The van der Waals surface area contributed by atoms with Gasteiger partial charge in [0.05, 0.1) is 18.2 Å². The molecule has 6 nitrogen and oxygen atoms in total. The molecule has 1 unspecified atom stereocenters. The van der Waals surface area contributed by atoms with Gasteiger partial charge in [-0.2, -0.15) is 0 Å². The molecule has 2 heterocycles. The zero-order valence-electron chi connectivity index (χ0n) is 16.3. The molecule has 0 fully saturated rings. The predicted molar refractivity (Wildman–Crippen MR) is 109 cm³/mol. The van der Waals surface area contributed by atoms with Gasteiger partial charge in [0.2, 0.25) is 5.91 Å². The average molecular weight is 376 g/mol. The van der Waals surface area contributed by atoms with E-state index in [1.54, 1.807) is 24.5 Å². The monoisotopic (exact) mass is 376 g/mol. The summed E-state index contributed by atoms with van der Waals surface area (Å²) >= 11 is 0. The van der Waals surface area contributed by atoms with Crippen LogP contribution in [0.4, 0.5) is 0 Å². The van der Waals surface area contributed by atoms with Crippen LogP contribution in [0.2, 0.25) is 0 Å². The van der Waals surface area contributed by atoms with Gasteiger partial charge in [0.25, 0.3) is 5.56 Å². The molecule has 0 aliphatic carbocycles. The van der Waals surface area contributed by atoms with E-state index in [4.69, 9.17) is 0 Å². The highest BCUT2D eigenvalue weighted by Crippen LogP contribution is 2.21. The zero-order chi connectivity index (χ0) is 20.1. The molecule has 0 aliphatic rings. The highest BCUT2D eigenvalue weighted by atomic mass is 16.1. The molecule has 2 N–H and O–H groups in total. The molecule has 144 valence electrons. The van der Waals surface area contributed by atoms with Crippen LogP contribution in [0.3, 0.4) is 0 Å². The highest BCUT2D eigenvalue weighted by molar-refractivity contribution is 5.79. The smallest absolute Gasteiger partial charge is 0.251 e. The first kappa shape index (κ1) is 19.5. The number of hydrogen-bond acceptors (Lipinski definition) is 4. The van der Waals surface area contributed by atoms with Crippen molar-refractivity contribution in [3.8, 4) is 11.4 Å². The minimum atomic E-state index is -0.360. The molecule has 1 atom stereocenters. The number of benzene rings is 1. The van der Waals surface area contributed by atoms with Crippen molar-refractivity contribution >= 4 is 5.91 Å². The Kier molecular flexibility index (Phi) is 5.99. The molecule has 0 bridgehead atoms. The number of rotatable bonds is 6. The lowest BCUT2D eigenvalue weighted by Crippen LogP contribution is -2.34. The molecule has 0 spiro atoms. The van der Waals surface area contributed by atoms with Gasteiger partial charge in [0, 0.05) is 24.0 Å². The summed E-state index contributed by atoms with van der Waals surface area (Å²) in [5, 5.41) is 3.04. The second-order valence-corrected chi connectivity index (χ2v) is 7.21. The number of pyridine rings is 1. The van der Waals surface area contributed by atoms with Crippen LogP contribution in [0.1, 0.15) is 36.7 Å². The standard InChI is InChI=1S/C22H24N4O2/c1-14(2)21(25-19(27)12-16-6-4-15(3)5-7-16)18-13-20(28)26-22(24-18)17-8-10-23-11-9-17/h4-11,13-14,21H,12H2,1-3H3,(H,25,27)(H,24,26,28). The maximum absolute atomic E-state index is 12.6. The van der Waals surface area contributed by atoms with E-state index in [1.807, 2.05) is 45.0 Å². The van der Waals surface area contributed by atoms with Gasteiger partial charge in [-0.3, -0.25) is 14.6 Å². The number of H-pyrrole nitrogens is 1. The fraction of sp³-hybridized carbons (Fsp3) is 0.273. The number of carbonyl (C=O) groups is 1. The van der Waals surface area contributed by atoms with Crippen molar-refractivity contribution in [2.24, 2.45) is 5.92 Å². The Balaban J connectivity index is 1.84. The molecule has 1 amide bonds. The topological polar surface area (TPSA) is 87.7 Å². The summed E-state index contributed by atoms with van der Waals surface area (Å²) in [4.78, 5) is 36.1. The average Bonchev–Trinajstić information content (AvgIpc) is 2.68. The molecular weight excluding hydrogens is 352 g/mol. The minimum Gasteiger partial charge on any atom is -0.347 e. The third-order valence-electron chi connectivity index (χ3n) is 4.50. The Bertz CT molecular complexity index is 995. The number of hydrogen-bond donors (Lipinski definition) is 2. The maximum atomic E-state index is 12.6. The highest BCUT2D eigenvalue weighted by Gasteiger charge is 2.21. The van der Waals surface area contributed by atoms with Crippen molar-refractivity contribution in [2.75, 3.05) is 0 Å². The summed E-state index contributed by atoms with van der Waals surface area (Å²) in [6.07, 6.45) is 3.57. The van der Waals surface area contributed by atoms with Gasteiger partial charge in [-0.1, -0.05) is 43.7 Å². The molecule has 1 aromatic carbocycles. The fourth-order valence-corrected chi connectivity index (χ4v) is 2.98. The Morgan fingerprint density at radius 1 is 1.11 bits per heavy atom. The van der Waals surface area contributed by atoms with Gasteiger partial charge in [-0.25, -0.2) is 4.98 Å². The lowest BCUT2D eigenvalue weighted by Gasteiger charge is -2.22. The summed E-state index contributed by atoms with van der Waals surface area (Å²) in [5.74, 6) is 0.431. The molecule has 2 aromatic heterocycles. The maximum Gasteiger partial charge on any atom is 0.251 e. The summed E-state index contributed by atoms with van der Waals surface area (Å²) in [5.41, 5.74) is 3.16. The van der Waals surface area contributed by atoms with E-state index in [0.717, 1.165) is 16.7 Å². The summed E-state index contributed by atoms with van der Waals surface area (Å²) in [6.45, 7) is 6.00. The van der Waals surface area contributed by atoms with E-state index in [1.165, 1.54) is 6.07 Å². The van der Waals surface area contributed by atoms with Gasteiger partial charge < -0.3 is 10.3 Å². The molecule has 0 aliphatic heterocycles. The SMILES string of the molecule is Cc1ccc(CC(=O)NC(c2cc(=O)[nH]c(-c3ccncc3)n2)C(C)C)cc1. The van der Waals surface area contributed by atoms with Crippen LogP contribution in [0.15, 0.2) is 59.7 Å². The predicted octanol–water partition coefficient (Wildman–Crippen LogP) is 3.20. The van der Waals surface area contributed by atoms with Crippen molar-refractivity contribution in [3.63, 3.8) is 0 Å². The van der Waals surface area contributed by atoms with E-state index in [-0.39, 0.29) is 29.8 Å². The van der Waals surface area contributed by atoms with E-state index in [2.05, 4.69) is 20.3 Å². The number of aromatic amines is 1. The van der Waals surface area contributed by atoms with Crippen LogP contribution in [0.25, 0.3) is 11.4 Å². The molecule has 3 rings (SSSR count). The minimum absolute atomic E-state index is 0.0709. The van der Waals surface area contributed by atoms with Gasteiger partial charge in [-0.15, -0.1) is 0 Å². The number of amides is 1. The largest absolute Gasteiger partial charge is 0.347 e. The third-order valence-corrected chi connectivity index (χ3v) is 4.50. The van der Waals surface area contributed by atoms with Gasteiger partial charge >= 0.3 is 0 Å². The number of carbonyl (C=O) groups excluding carboxylic acids is 1. The Morgan fingerprint density at radius 2 is 1.79 bits per heavy atom. The summed E-state index contributed by atoms with van der Waals surface area (Å²) in [6, 6.07) is 12.5. The lowest BCUT2D eigenvalue weighted by atomic mass is 9.99. The first-order valence-corrected chi connectivity index (χ1v) is 9.29. The Hall–Kier alpha value is -3.28. The second-order valence-electron chi connectivity index (χ2n) is 7.21. The van der Waals surface area contributed by atoms with Gasteiger partial charge in [0.15, 0.2) is 0 Å². The molecule has 0 saturated heterocycles. The first-order chi connectivity index (χ1) is 13.4. The van der Waals surface area contributed by atoms with Gasteiger partial charge in [-0.05, 0) is 30.5 Å². The zero-order valence-corrected chi connectivity index (χ0v) is 16.3. The number of aryl methyl sites for hydroxylation is 1. The van der Waals surface area contributed by atoms with Crippen molar-refractivity contribution in [1.82, 2.24) is 20.3 Å². The van der Waals surface area contributed by atoms with Crippen LogP contribution >= 0.6 is 0 Å². The van der Waals surface area contributed by atoms with Crippen LogP contribution < -0.4 is 10.9 Å². The fourth-order valence-electron chi connectivity index (χ4n) is 2.98. The first-order valence-electron chi connectivity index (χ1n) is 9.29. The third kappa shape index (κ3) is 4.91. The molecular formula is C22H24N4O2. The summed E-state index contributed by atoms with van der Waals surface area (Å²) < 4.78 is 0. The van der Waals surface area contributed by atoms with Crippen molar-refractivity contribution < 1.29 is 4.79 Å². The number of nitrogens with zero attached hydrogens (tertiary/aromatic N) is 2. The van der Waals surface area contributed by atoms with Gasteiger partial charge in [0.1, 0.15) is 5.82 Å². The van der Waals surface area contributed by atoms with Crippen molar-refractivity contribution in [3.05, 3.63) is 82.0 Å². The van der Waals surface area contributed by atoms with E-state index >= 15 is 0 Å². The number of aromatic nitrogens is 3. The van der Waals surface area contributed by atoms with Crippen LogP contribution in [-0.2, 0) is 11.2 Å². The van der Waals surface area contributed by atoms with E-state index < -0.39 is 0 Å². The van der Waals surface area contributed by atoms with Crippen molar-refractivity contribution in [2.45, 2.75) is 33.2 Å². The molecule has 0 saturated carbocycles. The van der Waals surface area contributed by atoms with Crippen LogP contribution in [-0.4, -0.2) is 20.9 Å². The van der Waals surface area contributed by atoms with E-state index in [0.29, 0.717) is 11.5 Å². The molecule has 3 aromatic rings. The normalized spacial score (nSPS) is 12.0. The molecule has 6 heteroatoms. The molecule has 28 heavy (non-hydrogen) atoms. The molecule has 0 radical (unpaired) electrons. The second kappa shape index (κ2) is 8.61. The summed E-state index contributed by atoms with van der Waals surface area (Å²) in [7, 11) is 0. The van der Waals surface area contributed by atoms with E-state index in [9.17, 15) is 9.59 Å². The Morgan fingerprint density at radius 3 is 2.43 bits per heavy atom. The number of nitrogens with one attached hydrogen (secondary N) is 2. The quantitative estimate of drug-likeness (QED) is 0.692. The lowest BCUT2D eigenvalue weighted by molar-refractivity contribution is -0.121. The Labute approximate surface area is 164 Å². The van der Waals surface area contributed by atoms with Crippen LogP contribution in [0.5, 0.6) is 0 Å². The van der Waals surface area contributed by atoms with Crippen molar-refractivity contribution in [1.29, 1.82) is 0 Å².